The first-order chi connectivity index (χ1) is 18.9. The molecule has 0 bridgehead atoms. The van der Waals surface area contributed by atoms with Crippen LogP contribution in [0.15, 0.2) is 54.7 Å². The minimum Gasteiger partial charge on any atom is -0.322 e. The molecule has 0 fully saturated rings. The van der Waals surface area contributed by atoms with Crippen molar-refractivity contribution in [3.8, 4) is 0 Å². The van der Waals surface area contributed by atoms with Crippen molar-refractivity contribution in [2.45, 2.75) is 26.6 Å². The molecule has 2 aromatic carbocycles. The van der Waals surface area contributed by atoms with Gasteiger partial charge in [-0.05, 0) is 55.8 Å². The highest BCUT2D eigenvalue weighted by Crippen LogP contribution is 2.34. The zero-order valence-corrected chi connectivity index (χ0v) is 22.0. The van der Waals surface area contributed by atoms with Gasteiger partial charge in [-0.1, -0.05) is 6.07 Å². The van der Waals surface area contributed by atoms with E-state index in [4.69, 9.17) is 0 Å². The first-order valence-corrected chi connectivity index (χ1v) is 12.2. The maximum Gasteiger partial charge on any atom is 0.416 e. The first kappa shape index (κ1) is 26.7. The normalized spacial score (nSPS) is 13.3. The van der Waals surface area contributed by atoms with Crippen LogP contribution in [-0.2, 0) is 19.8 Å². The molecule has 0 unspecified atom stereocenters. The molecule has 0 aliphatic carbocycles. The van der Waals surface area contributed by atoms with Gasteiger partial charge in [-0.2, -0.15) is 23.3 Å². The molecule has 3 heterocycles. The molecule has 4 aromatic rings. The third-order valence-corrected chi connectivity index (χ3v) is 6.48. The Labute approximate surface area is 227 Å². The fourth-order valence-corrected chi connectivity index (χ4v) is 4.39. The molecule has 13 heteroatoms. The highest BCUT2D eigenvalue weighted by Gasteiger charge is 2.32. The SMILES string of the molecule is Cc1cc(Nc2ncc3c(n2)N(C)C(=O)N(c2cc(NC(=O)c4ccc(C(F)(F)F)cc4)ccc2C)C3)n(C)n1. The topological polar surface area (TPSA) is 108 Å². The van der Waals surface area contributed by atoms with Crippen molar-refractivity contribution < 1.29 is 22.8 Å². The molecule has 5 rings (SSSR count). The van der Waals surface area contributed by atoms with E-state index in [0.29, 0.717) is 34.5 Å². The average molecular weight is 551 g/mol. The summed E-state index contributed by atoms with van der Waals surface area (Å²) in [6.07, 6.45) is -2.84. The lowest BCUT2D eigenvalue weighted by molar-refractivity contribution is -0.137. The zero-order chi connectivity index (χ0) is 28.8. The highest BCUT2D eigenvalue weighted by atomic mass is 19.4. The number of nitrogens with one attached hydrogen (secondary N) is 2. The minimum absolute atomic E-state index is 0.0701. The molecule has 0 saturated carbocycles. The number of alkyl halides is 3. The van der Waals surface area contributed by atoms with E-state index < -0.39 is 17.6 Å². The number of aryl methyl sites for hydroxylation is 3. The summed E-state index contributed by atoms with van der Waals surface area (Å²) in [5, 5.41) is 10.1. The van der Waals surface area contributed by atoms with Crippen molar-refractivity contribution in [3.05, 3.63) is 82.7 Å². The molecule has 0 saturated heterocycles. The second kappa shape index (κ2) is 9.98. The molecule has 10 nitrogen and oxygen atoms in total. The number of fused-ring (bicyclic) bond motifs is 1. The largest absolute Gasteiger partial charge is 0.416 e. The van der Waals surface area contributed by atoms with Crippen molar-refractivity contribution in [1.82, 2.24) is 19.7 Å². The van der Waals surface area contributed by atoms with E-state index >= 15 is 0 Å². The Morgan fingerprint density at radius 1 is 1.02 bits per heavy atom. The van der Waals surface area contributed by atoms with Crippen LogP contribution in [0.3, 0.4) is 0 Å². The number of carbonyl (C=O) groups is 2. The summed E-state index contributed by atoms with van der Waals surface area (Å²) in [5.41, 5.74) is 2.50. The van der Waals surface area contributed by atoms with E-state index in [1.165, 1.54) is 4.90 Å². The molecular weight excluding hydrogens is 525 g/mol. The Balaban J connectivity index is 1.36. The molecule has 0 spiro atoms. The smallest absolute Gasteiger partial charge is 0.322 e. The van der Waals surface area contributed by atoms with E-state index in [0.717, 1.165) is 35.5 Å². The number of urea groups is 1. The standard InChI is InChI=1S/C27H25F3N8O2/c1-15-5-10-20(32-24(39)17-6-8-19(9-7-17)27(28,29)30)12-21(15)38-14-18-13-31-25(34-23(18)36(3)26(38)40)33-22-11-16(2)35-37(22)4/h5-13H,14H2,1-4H3,(H,32,39)(H,31,33,34). The minimum atomic E-state index is -4.49. The summed E-state index contributed by atoms with van der Waals surface area (Å²) in [4.78, 5) is 38.0. The van der Waals surface area contributed by atoms with Crippen molar-refractivity contribution >= 4 is 40.9 Å². The Kier molecular flexibility index (Phi) is 6.65. The lowest BCUT2D eigenvalue weighted by Crippen LogP contribution is -2.46. The summed E-state index contributed by atoms with van der Waals surface area (Å²) in [6.45, 7) is 3.90. The molecular formula is C27H25F3N8O2. The predicted octanol–water partition coefficient (Wildman–Crippen LogP) is 5.42. The quantitative estimate of drug-likeness (QED) is 0.344. The van der Waals surface area contributed by atoms with Crippen LogP contribution in [-0.4, -0.2) is 38.7 Å². The van der Waals surface area contributed by atoms with E-state index in [2.05, 4.69) is 25.7 Å². The number of halogens is 3. The fourth-order valence-electron chi connectivity index (χ4n) is 4.39. The monoisotopic (exact) mass is 550 g/mol. The van der Waals surface area contributed by atoms with Crippen LogP contribution in [0.25, 0.3) is 0 Å². The summed E-state index contributed by atoms with van der Waals surface area (Å²) in [7, 11) is 3.41. The number of anilines is 5. The molecule has 2 aromatic heterocycles. The highest BCUT2D eigenvalue weighted by molar-refractivity contribution is 6.07. The molecule has 40 heavy (non-hydrogen) atoms. The van der Waals surface area contributed by atoms with Gasteiger partial charge in [0.2, 0.25) is 5.95 Å². The van der Waals surface area contributed by atoms with Crippen molar-refractivity contribution in [1.29, 1.82) is 0 Å². The molecule has 0 radical (unpaired) electrons. The first-order valence-electron chi connectivity index (χ1n) is 12.2. The second-order valence-electron chi connectivity index (χ2n) is 9.42. The summed E-state index contributed by atoms with van der Waals surface area (Å²) < 4.78 is 40.2. The van der Waals surface area contributed by atoms with Gasteiger partial charge in [0.25, 0.3) is 5.91 Å². The lowest BCUT2D eigenvalue weighted by atomic mass is 10.1. The maximum atomic E-state index is 13.4. The van der Waals surface area contributed by atoms with Crippen LogP contribution in [0.5, 0.6) is 0 Å². The van der Waals surface area contributed by atoms with Crippen LogP contribution in [0.2, 0.25) is 0 Å². The Bertz CT molecular complexity index is 1620. The van der Waals surface area contributed by atoms with E-state index in [9.17, 15) is 22.8 Å². The van der Waals surface area contributed by atoms with E-state index in [1.54, 1.807) is 48.1 Å². The van der Waals surface area contributed by atoms with Crippen LogP contribution in [0.4, 0.5) is 46.9 Å². The predicted molar refractivity (Wildman–Crippen MR) is 144 cm³/mol. The lowest BCUT2D eigenvalue weighted by Gasteiger charge is -2.35. The number of benzene rings is 2. The molecule has 1 aliphatic rings. The van der Waals surface area contributed by atoms with Gasteiger partial charge in [0.1, 0.15) is 11.6 Å². The number of nitrogens with zero attached hydrogens (tertiary/aromatic N) is 6. The number of amides is 3. The van der Waals surface area contributed by atoms with Gasteiger partial charge in [0.15, 0.2) is 0 Å². The van der Waals surface area contributed by atoms with Gasteiger partial charge in [-0.25, -0.2) is 9.78 Å². The van der Waals surface area contributed by atoms with E-state index in [1.807, 2.05) is 19.9 Å². The van der Waals surface area contributed by atoms with Gasteiger partial charge in [-0.15, -0.1) is 0 Å². The third kappa shape index (κ3) is 5.17. The van der Waals surface area contributed by atoms with Crippen molar-refractivity contribution in [2.75, 3.05) is 27.5 Å². The molecule has 0 atom stereocenters. The fraction of sp³-hybridized carbons (Fsp3) is 0.222. The number of hydrogen-bond donors (Lipinski definition) is 2. The van der Waals surface area contributed by atoms with Gasteiger partial charge in [-0.3, -0.25) is 19.3 Å². The summed E-state index contributed by atoms with van der Waals surface area (Å²) >= 11 is 0. The average Bonchev–Trinajstić information content (AvgIpc) is 3.23. The van der Waals surface area contributed by atoms with Crippen LogP contribution in [0.1, 0.15) is 32.7 Å². The van der Waals surface area contributed by atoms with Crippen molar-refractivity contribution in [3.63, 3.8) is 0 Å². The van der Waals surface area contributed by atoms with Gasteiger partial charge in [0, 0.05) is 43.2 Å². The Hall–Kier alpha value is -4.94. The molecule has 1 aliphatic heterocycles. The number of aromatic nitrogens is 4. The number of carbonyl (C=O) groups excluding carboxylic acids is 2. The van der Waals surface area contributed by atoms with Gasteiger partial charge >= 0.3 is 12.2 Å². The number of hydrogen-bond acceptors (Lipinski definition) is 6. The van der Waals surface area contributed by atoms with Gasteiger partial charge < -0.3 is 10.6 Å². The molecule has 2 N–H and O–H groups in total. The molecule has 206 valence electrons. The van der Waals surface area contributed by atoms with Crippen LogP contribution in [0, 0.1) is 13.8 Å². The Morgan fingerprint density at radius 2 is 1.75 bits per heavy atom. The second-order valence-corrected chi connectivity index (χ2v) is 9.42. The Morgan fingerprint density at radius 3 is 2.40 bits per heavy atom. The van der Waals surface area contributed by atoms with Crippen LogP contribution < -0.4 is 20.4 Å². The number of rotatable bonds is 5. The van der Waals surface area contributed by atoms with E-state index in [-0.39, 0.29) is 18.1 Å². The zero-order valence-electron chi connectivity index (χ0n) is 22.0. The summed E-state index contributed by atoms with van der Waals surface area (Å²) in [5.74, 6) is 0.906. The maximum absolute atomic E-state index is 13.4. The van der Waals surface area contributed by atoms with Crippen LogP contribution >= 0.6 is 0 Å². The van der Waals surface area contributed by atoms with Gasteiger partial charge in [0.05, 0.1) is 23.5 Å². The van der Waals surface area contributed by atoms with Crippen molar-refractivity contribution in [2.24, 2.45) is 7.05 Å². The summed E-state index contributed by atoms with van der Waals surface area (Å²) in [6, 6.07) is 10.5. The third-order valence-electron chi connectivity index (χ3n) is 6.48. The molecule has 3 amide bonds.